The van der Waals surface area contributed by atoms with Crippen molar-refractivity contribution < 1.29 is 9.59 Å². The van der Waals surface area contributed by atoms with Crippen LogP contribution >= 0.6 is 0 Å². The Kier molecular flexibility index (Phi) is 4.32. The van der Waals surface area contributed by atoms with E-state index >= 15 is 0 Å². The maximum absolute atomic E-state index is 12.2. The number of benzene rings is 1. The van der Waals surface area contributed by atoms with Crippen LogP contribution in [0.25, 0.3) is 10.9 Å². The van der Waals surface area contributed by atoms with Crippen LogP contribution in [0.3, 0.4) is 0 Å². The van der Waals surface area contributed by atoms with Gasteiger partial charge in [0.1, 0.15) is 5.69 Å². The highest BCUT2D eigenvalue weighted by Gasteiger charge is 2.17. The molecule has 0 radical (unpaired) electrons. The van der Waals surface area contributed by atoms with Gasteiger partial charge in [-0.1, -0.05) is 30.7 Å². The van der Waals surface area contributed by atoms with Crippen molar-refractivity contribution in [3.05, 3.63) is 42.1 Å². The van der Waals surface area contributed by atoms with Crippen molar-refractivity contribution in [2.75, 3.05) is 6.54 Å². The lowest BCUT2D eigenvalue weighted by atomic mass is 10.1. The van der Waals surface area contributed by atoms with E-state index in [2.05, 4.69) is 15.6 Å². The number of aromatic nitrogens is 1. The molecule has 0 spiro atoms. The summed E-state index contributed by atoms with van der Waals surface area (Å²) in [5.41, 5.74) is 1.21. The molecule has 2 aromatic rings. The smallest absolute Gasteiger partial charge is 0.269 e. The van der Waals surface area contributed by atoms with Crippen molar-refractivity contribution in [3.63, 3.8) is 0 Å². The summed E-state index contributed by atoms with van der Waals surface area (Å²) in [6.07, 6.45) is 3.41. The van der Waals surface area contributed by atoms with Gasteiger partial charge in [-0.15, -0.1) is 0 Å². The van der Waals surface area contributed by atoms with E-state index in [0.717, 1.165) is 30.2 Å². The maximum Gasteiger partial charge on any atom is 0.269 e. The van der Waals surface area contributed by atoms with E-state index in [0.29, 0.717) is 18.7 Å². The highest BCUT2D eigenvalue weighted by molar-refractivity contribution is 5.94. The van der Waals surface area contributed by atoms with Crippen LogP contribution in [-0.4, -0.2) is 29.4 Å². The lowest BCUT2D eigenvalue weighted by Gasteiger charge is -2.16. The number of pyridine rings is 1. The molecule has 1 aliphatic rings. The van der Waals surface area contributed by atoms with Gasteiger partial charge in [0.2, 0.25) is 5.91 Å². The number of para-hydroxylation sites is 1. The molecule has 3 rings (SSSR count). The van der Waals surface area contributed by atoms with Gasteiger partial charge in [0.25, 0.3) is 5.91 Å². The van der Waals surface area contributed by atoms with Crippen molar-refractivity contribution in [2.45, 2.75) is 31.7 Å². The van der Waals surface area contributed by atoms with Gasteiger partial charge in [-0.25, -0.2) is 4.98 Å². The van der Waals surface area contributed by atoms with Crippen molar-refractivity contribution in [1.29, 1.82) is 0 Å². The number of nitrogens with zero attached hydrogens (tertiary/aromatic N) is 1. The van der Waals surface area contributed by atoms with Gasteiger partial charge in [0.15, 0.2) is 0 Å². The van der Waals surface area contributed by atoms with E-state index in [1.54, 1.807) is 6.07 Å². The highest BCUT2D eigenvalue weighted by atomic mass is 16.2. The van der Waals surface area contributed by atoms with Crippen LogP contribution in [0.15, 0.2) is 36.4 Å². The maximum atomic E-state index is 12.2. The van der Waals surface area contributed by atoms with Crippen molar-refractivity contribution in [3.8, 4) is 0 Å². The van der Waals surface area contributed by atoms with E-state index in [9.17, 15) is 9.59 Å². The predicted molar refractivity (Wildman–Crippen MR) is 84.5 cm³/mol. The van der Waals surface area contributed by atoms with Crippen molar-refractivity contribution >= 4 is 22.7 Å². The van der Waals surface area contributed by atoms with Crippen molar-refractivity contribution in [1.82, 2.24) is 15.6 Å². The number of carbonyl (C=O) groups is 2. The number of amides is 2. The molecule has 1 aliphatic heterocycles. The van der Waals surface area contributed by atoms with E-state index < -0.39 is 0 Å². The molecule has 1 aromatic heterocycles. The van der Waals surface area contributed by atoms with Crippen LogP contribution in [0, 0.1) is 0 Å². The SMILES string of the molecule is O=C1CCCCC(CNC(=O)c2ccc3ccccc3n2)N1. The number of hydrogen-bond donors (Lipinski definition) is 2. The third kappa shape index (κ3) is 3.42. The van der Waals surface area contributed by atoms with Gasteiger partial charge in [0, 0.05) is 24.4 Å². The third-order valence-electron chi connectivity index (χ3n) is 3.91. The summed E-state index contributed by atoms with van der Waals surface area (Å²) >= 11 is 0. The average Bonchev–Trinajstić information content (AvgIpc) is 2.76. The zero-order chi connectivity index (χ0) is 15.4. The molecule has 2 N–H and O–H groups in total. The van der Waals surface area contributed by atoms with Gasteiger partial charge < -0.3 is 10.6 Å². The van der Waals surface area contributed by atoms with Gasteiger partial charge >= 0.3 is 0 Å². The first kappa shape index (κ1) is 14.5. The van der Waals surface area contributed by atoms with Gasteiger partial charge in [0.05, 0.1) is 5.52 Å². The topological polar surface area (TPSA) is 71.1 Å². The molecule has 0 aliphatic carbocycles. The number of nitrogens with one attached hydrogen (secondary N) is 2. The molecule has 114 valence electrons. The Morgan fingerprint density at radius 1 is 1.23 bits per heavy atom. The molecular weight excluding hydrogens is 278 g/mol. The average molecular weight is 297 g/mol. The minimum Gasteiger partial charge on any atom is -0.352 e. The second kappa shape index (κ2) is 6.56. The first-order chi connectivity index (χ1) is 10.7. The fraction of sp³-hybridized carbons (Fsp3) is 0.353. The molecule has 0 saturated carbocycles. The Bertz CT molecular complexity index is 699. The van der Waals surface area contributed by atoms with E-state index in [1.807, 2.05) is 30.3 Å². The fourth-order valence-corrected chi connectivity index (χ4v) is 2.70. The monoisotopic (exact) mass is 297 g/mol. The number of rotatable bonds is 3. The summed E-state index contributed by atoms with van der Waals surface area (Å²) in [7, 11) is 0. The summed E-state index contributed by atoms with van der Waals surface area (Å²) < 4.78 is 0. The minimum absolute atomic E-state index is 0.0133. The third-order valence-corrected chi connectivity index (χ3v) is 3.91. The van der Waals surface area contributed by atoms with Gasteiger partial charge in [-0.2, -0.15) is 0 Å². The van der Waals surface area contributed by atoms with E-state index in [-0.39, 0.29) is 17.9 Å². The summed E-state index contributed by atoms with van der Waals surface area (Å²) in [6, 6.07) is 11.3. The Morgan fingerprint density at radius 3 is 3.00 bits per heavy atom. The summed E-state index contributed by atoms with van der Waals surface area (Å²) in [5.74, 6) is -0.134. The molecule has 2 heterocycles. The Labute approximate surface area is 129 Å². The molecular formula is C17H19N3O2. The summed E-state index contributed by atoms with van der Waals surface area (Å²) in [4.78, 5) is 28.1. The number of fused-ring (bicyclic) bond motifs is 1. The fourth-order valence-electron chi connectivity index (χ4n) is 2.70. The van der Waals surface area contributed by atoms with E-state index in [1.165, 1.54) is 0 Å². The van der Waals surface area contributed by atoms with Gasteiger partial charge in [-0.3, -0.25) is 9.59 Å². The molecule has 1 fully saturated rings. The molecule has 2 amide bonds. The largest absolute Gasteiger partial charge is 0.352 e. The molecule has 5 heteroatoms. The van der Waals surface area contributed by atoms with Crippen LogP contribution in [0.1, 0.15) is 36.2 Å². The first-order valence-corrected chi connectivity index (χ1v) is 7.66. The van der Waals surface area contributed by atoms with E-state index in [4.69, 9.17) is 0 Å². The normalized spacial score (nSPS) is 18.5. The second-order valence-electron chi connectivity index (χ2n) is 5.61. The molecule has 22 heavy (non-hydrogen) atoms. The standard InChI is InChI=1S/C17H19N3O2/c21-16-8-4-2-6-13(19-16)11-18-17(22)15-10-9-12-5-1-3-7-14(12)20-15/h1,3,5,7,9-10,13H,2,4,6,8,11H2,(H,18,22)(H,19,21). The van der Waals surface area contributed by atoms with Crippen LogP contribution in [0.2, 0.25) is 0 Å². The van der Waals surface area contributed by atoms with Crippen molar-refractivity contribution in [2.24, 2.45) is 0 Å². The quantitative estimate of drug-likeness (QED) is 0.910. The molecule has 1 saturated heterocycles. The second-order valence-corrected chi connectivity index (χ2v) is 5.61. The van der Waals surface area contributed by atoms with Crippen LogP contribution in [0.5, 0.6) is 0 Å². The lowest BCUT2D eigenvalue weighted by Crippen LogP contribution is -2.42. The summed E-state index contributed by atoms with van der Waals surface area (Å²) in [6.45, 7) is 0.444. The number of carbonyl (C=O) groups excluding carboxylic acids is 2. The molecule has 0 bridgehead atoms. The zero-order valence-corrected chi connectivity index (χ0v) is 12.3. The zero-order valence-electron chi connectivity index (χ0n) is 12.3. The van der Waals surface area contributed by atoms with Crippen LogP contribution in [0.4, 0.5) is 0 Å². The molecule has 1 unspecified atom stereocenters. The Hall–Kier alpha value is -2.43. The highest BCUT2D eigenvalue weighted by Crippen LogP contribution is 2.12. The molecule has 1 atom stereocenters. The minimum atomic E-state index is -0.204. The predicted octanol–water partition coefficient (Wildman–Crippen LogP) is 2.02. The first-order valence-electron chi connectivity index (χ1n) is 7.66. The number of hydrogen-bond acceptors (Lipinski definition) is 3. The van der Waals surface area contributed by atoms with Crippen LogP contribution in [-0.2, 0) is 4.79 Å². The van der Waals surface area contributed by atoms with Crippen LogP contribution < -0.4 is 10.6 Å². The molecule has 5 nitrogen and oxygen atoms in total. The van der Waals surface area contributed by atoms with Gasteiger partial charge in [-0.05, 0) is 25.0 Å². The molecule has 1 aromatic carbocycles. The Morgan fingerprint density at radius 2 is 2.09 bits per heavy atom. The Balaban J connectivity index is 1.64. The summed E-state index contributed by atoms with van der Waals surface area (Å²) in [5, 5.41) is 6.82. The lowest BCUT2D eigenvalue weighted by molar-refractivity contribution is -0.121.